The third-order valence-corrected chi connectivity index (χ3v) is 2.77. The minimum absolute atomic E-state index is 0.101. The zero-order valence-corrected chi connectivity index (χ0v) is 8.47. The van der Waals surface area contributed by atoms with Crippen LogP contribution in [0.4, 0.5) is 0 Å². The maximum atomic E-state index is 10.7. The molecule has 3 heterocycles. The summed E-state index contributed by atoms with van der Waals surface area (Å²) in [6.45, 7) is 0.924. The van der Waals surface area contributed by atoms with Gasteiger partial charge in [-0.2, -0.15) is 0 Å². The summed E-state index contributed by atoms with van der Waals surface area (Å²) >= 11 is 0. The van der Waals surface area contributed by atoms with Crippen LogP contribution in [0.2, 0.25) is 0 Å². The van der Waals surface area contributed by atoms with Gasteiger partial charge in [-0.25, -0.2) is 14.8 Å². The molecule has 0 atom stereocenters. The number of H-pyrrole nitrogens is 1. The number of carboxylic acid groups (broad SMARTS) is 1. The summed E-state index contributed by atoms with van der Waals surface area (Å²) in [4.78, 5) is 21.8. The molecule has 0 aliphatic carbocycles. The second kappa shape index (κ2) is 3.19. The quantitative estimate of drug-likeness (QED) is 0.784. The predicted molar refractivity (Wildman–Crippen MR) is 55.1 cm³/mol. The van der Waals surface area contributed by atoms with E-state index >= 15 is 0 Å². The first kappa shape index (κ1) is 9.14. The smallest absolute Gasteiger partial charge is 0.353 e. The molecular weight excluding hydrogens is 208 g/mol. The van der Waals surface area contributed by atoms with Gasteiger partial charge in [-0.3, -0.25) is 0 Å². The molecule has 0 unspecified atom stereocenters. The average Bonchev–Trinajstić information content (AvgIpc) is 2.92. The standard InChI is InChI=1S/C10H10N4O2/c15-10(16)6-4-12-9(13-6)7-5-11-8-2-1-3-14(7)8/h4-5H,1-3H2,(H,12,13)(H,15,16). The molecule has 6 heteroatoms. The van der Waals surface area contributed by atoms with E-state index in [0.717, 1.165) is 30.9 Å². The monoisotopic (exact) mass is 218 g/mol. The Bertz CT molecular complexity index is 555. The van der Waals surface area contributed by atoms with Crippen LogP contribution < -0.4 is 0 Å². The summed E-state index contributed by atoms with van der Waals surface area (Å²) in [6.07, 6.45) is 5.13. The van der Waals surface area contributed by atoms with Crippen LogP contribution in [0.5, 0.6) is 0 Å². The van der Waals surface area contributed by atoms with Crippen LogP contribution in [-0.2, 0) is 13.0 Å². The molecule has 6 nitrogen and oxygen atoms in total. The highest BCUT2D eigenvalue weighted by Gasteiger charge is 2.19. The summed E-state index contributed by atoms with van der Waals surface area (Å²) in [7, 11) is 0. The number of fused-ring (bicyclic) bond motifs is 1. The fraction of sp³-hybridized carbons (Fsp3) is 0.300. The van der Waals surface area contributed by atoms with Gasteiger partial charge in [0.15, 0.2) is 5.82 Å². The van der Waals surface area contributed by atoms with E-state index in [1.54, 1.807) is 6.20 Å². The van der Waals surface area contributed by atoms with Crippen molar-refractivity contribution in [2.24, 2.45) is 0 Å². The molecule has 0 saturated heterocycles. The van der Waals surface area contributed by atoms with Crippen molar-refractivity contribution in [3.8, 4) is 11.5 Å². The normalized spacial score (nSPS) is 14.0. The maximum absolute atomic E-state index is 10.7. The van der Waals surface area contributed by atoms with Gasteiger partial charge in [0.05, 0.1) is 12.4 Å². The van der Waals surface area contributed by atoms with Crippen molar-refractivity contribution in [2.75, 3.05) is 0 Å². The zero-order valence-electron chi connectivity index (χ0n) is 8.47. The first-order chi connectivity index (χ1) is 7.75. The third-order valence-electron chi connectivity index (χ3n) is 2.77. The zero-order chi connectivity index (χ0) is 11.1. The van der Waals surface area contributed by atoms with Gasteiger partial charge in [0.25, 0.3) is 0 Å². The van der Waals surface area contributed by atoms with Crippen molar-refractivity contribution in [3.63, 3.8) is 0 Å². The molecule has 1 aliphatic heterocycles. The van der Waals surface area contributed by atoms with Gasteiger partial charge in [-0.1, -0.05) is 0 Å². The first-order valence-corrected chi connectivity index (χ1v) is 5.09. The largest absolute Gasteiger partial charge is 0.477 e. The van der Waals surface area contributed by atoms with Gasteiger partial charge in [0.2, 0.25) is 0 Å². The van der Waals surface area contributed by atoms with Crippen molar-refractivity contribution >= 4 is 5.97 Å². The van der Waals surface area contributed by atoms with Gasteiger partial charge in [0, 0.05) is 13.0 Å². The number of hydrogen-bond acceptors (Lipinski definition) is 3. The minimum atomic E-state index is -1.00. The fourth-order valence-electron chi connectivity index (χ4n) is 2.01. The average molecular weight is 218 g/mol. The first-order valence-electron chi connectivity index (χ1n) is 5.09. The Hall–Kier alpha value is -2.11. The number of nitrogens with one attached hydrogen (secondary N) is 1. The van der Waals surface area contributed by atoms with Crippen LogP contribution in [0, 0.1) is 0 Å². The Morgan fingerprint density at radius 3 is 3.06 bits per heavy atom. The summed E-state index contributed by atoms with van der Waals surface area (Å²) < 4.78 is 2.07. The van der Waals surface area contributed by atoms with E-state index in [4.69, 9.17) is 5.11 Å². The van der Waals surface area contributed by atoms with Gasteiger partial charge in [-0.15, -0.1) is 0 Å². The van der Waals surface area contributed by atoms with Crippen LogP contribution >= 0.6 is 0 Å². The second-order valence-electron chi connectivity index (χ2n) is 3.77. The number of hydrogen-bond donors (Lipinski definition) is 2. The molecule has 82 valence electrons. The summed E-state index contributed by atoms with van der Waals surface area (Å²) in [6, 6.07) is 0. The van der Waals surface area contributed by atoms with E-state index in [0.29, 0.717) is 5.82 Å². The molecule has 16 heavy (non-hydrogen) atoms. The van der Waals surface area contributed by atoms with Crippen molar-refractivity contribution < 1.29 is 9.90 Å². The number of imidazole rings is 2. The lowest BCUT2D eigenvalue weighted by atomic mass is 10.3. The SMILES string of the molecule is O=C(O)c1cnc(-c2cnc3n2CCC3)[nH]1. The molecule has 0 saturated carbocycles. The van der Waals surface area contributed by atoms with Gasteiger partial charge in [0.1, 0.15) is 17.2 Å². The van der Waals surface area contributed by atoms with Gasteiger partial charge >= 0.3 is 5.97 Å². The van der Waals surface area contributed by atoms with E-state index in [9.17, 15) is 4.79 Å². The summed E-state index contributed by atoms with van der Waals surface area (Å²) in [5, 5.41) is 8.80. The molecule has 0 amide bonds. The Morgan fingerprint density at radius 1 is 1.44 bits per heavy atom. The molecule has 2 N–H and O–H groups in total. The number of carbonyl (C=O) groups is 1. The fourth-order valence-corrected chi connectivity index (χ4v) is 2.01. The molecule has 2 aromatic heterocycles. The highest BCUT2D eigenvalue weighted by Crippen LogP contribution is 2.23. The van der Waals surface area contributed by atoms with Crippen molar-refractivity contribution in [2.45, 2.75) is 19.4 Å². The lowest BCUT2D eigenvalue weighted by molar-refractivity contribution is 0.0691. The van der Waals surface area contributed by atoms with E-state index in [1.165, 1.54) is 6.20 Å². The number of aromatic carboxylic acids is 1. The molecule has 1 aliphatic rings. The van der Waals surface area contributed by atoms with Crippen LogP contribution in [0.1, 0.15) is 22.7 Å². The van der Waals surface area contributed by atoms with E-state index in [2.05, 4.69) is 19.5 Å². The molecule has 0 aromatic carbocycles. The number of aromatic nitrogens is 4. The Kier molecular flexibility index (Phi) is 1.82. The second-order valence-corrected chi connectivity index (χ2v) is 3.77. The van der Waals surface area contributed by atoms with Crippen LogP contribution in [0.3, 0.4) is 0 Å². The number of carboxylic acids is 1. The molecule has 0 spiro atoms. The Balaban J connectivity index is 2.05. The maximum Gasteiger partial charge on any atom is 0.353 e. The number of nitrogens with zero attached hydrogens (tertiary/aromatic N) is 3. The van der Waals surface area contributed by atoms with Crippen molar-refractivity contribution in [3.05, 3.63) is 23.9 Å². The molecule has 0 radical (unpaired) electrons. The Labute approximate surface area is 91.0 Å². The number of aromatic amines is 1. The van der Waals surface area contributed by atoms with Gasteiger partial charge in [-0.05, 0) is 6.42 Å². The summed E-state index contributed by atoms with van der Waals surface area (Å²) in [5.74, 6) is 0.612. The van der Waals surface area contributed by atoms with Crippen molar-refractivity contribution in [1.82, 2.24) is 19.5 Å². The molecule has 2 aromatic rings. The topological polar surface area (TPSA) is 83.8 Å². The van der Waals surface area contributed by atoms with Crippen LogP contribution in [0.15, 0.2) is 12.4 Å². The third kappa shape index (κ3) is 1.23. The summed E-state index contributed by atoms with van der Waals surface area (Å²) in [5.41, 5.74) is 0.962. The van der Waals surface area contributed by atoms with E-state index in [-0.39, 0.29) is 5.69 Å². The lowest BCUT2D eigenvalue weighted by Gasteiger charge is -2.00. The van der Waals surface area contributed by atoms with E-state index < -0.39 is 5.97 Å². The predicted octanol–water partition coefficient (Wildman–Crippen LogP) is 0.918. The molecular formula is C10H10N4O2. The molecule has 0 fully saturated rings. The number of aryl methyl sites for hydroxylation is 1. The molecule has 0 bridgehead atoms. The lowest BCUT2D eigenvalue weighted by Crippen LogP contribution is -1.98. The molecule has 3 rings (SSSR count). The van der Waals surface area contributed by atoms with Crippen molar-refractivity contribution in [1.29, 1.82) is 0 Å². The van der Waals surface area contributed by atoms with Gasteiger partial charge < -0.3 is 14.7 Å². The highest BCUT2D eigenvalue weighted by molar-refractivity contribution is 5.85. The highest BCUT2D eigenvalue weighted by atomic mass is 16.4. The van der Waals surface area contributed by atoms with Crippen LogP contribution in [0.25, 0.3) is 11.5 Å². The Morgan fingerprint density at radius 2 is 2.31 bits per heavy atom. The van der Waals surface area contributed by atoms with Crippen LogP contribution in [-0.4, -0.2) is 30.6 Å². The van der Waals surface area contributed by atoms with E-state index in [1.807, 2.05) is 0 Å². The number of rotatable bonds is 2. The minimum Gasteiger partial charge on any atom is -0.477 e.